The smallest absolute Gasteiger partial charge is 0.335 e. The van der Waals surface area contributed by atoms with Gasteiger partial charge in [-0.1, -0.05) is 0 Å². The topological polar surface area (TPSA) is 105 Å². The molecule has 2 aromatic carbocycles. The molecule has 0 heterocycles. The van der Waals surface area contributed by atoms with Gasteiger partial charge >= 0.3 is 5.97 Å². The third-order valence-electron chi connectivity index (χ3n) is 4.96. The van der Waals surface area contributed by atoms with Crippen LogP contribution in [0.2, 0.25) is 0 Å². The number of rotatable bonds is 11. The van der Waals surface area contributed by atoms with Gasteiger partial charge in [-0.25, -0.2) is 4.79 Å². The molecule has 0 aliphatic heterocycles. The Labute approximate surface area is 199 Å². The van der Waals surface area contributed by atoms with E-state index in [1.165, 1.54) is 6.92 Å². The van der Waals surface area contributed by atoms with Crippen molar-refractivity contribution in [3.63, 3.8) is 0 Å². The molecule has 0 aliphatic rings. The maximum atomic E-state index is 12.4. The van der Waals surface area contributed by atoms with Gasteiger partial charge in [-0.15, -0.1) is 20.6 Å². The Morgan fingerprint density at radius 3 is 1.61 bits per heavy atom. The van der Waals surface area contributed by atoms with E-state index in [1.807, 2.05) is 48.9 Å². The highest BCUT2D eigenvalue weighted by atomic mass is 32.3. The van der Waals surface area contributed by atoms with Crippen LogP contribution in [-0.2, 0) is 8.42 Å². The molecule has 182 valence electrons. The van der Waals surface area contributed by atoms with E-state index in [-0.39, 0.29) is 17.4 Å². The average molecular weight is 495 g/mol. The van der Waals surface area contributed by atoms with Crippen LogP contribution in [0.3, 0.4) is 0 Å². The van der Waals surface area contributed by atoms with Crippen molar-refractivity contribution in [3.05, 3.63) is 59.7 Å². The van der Waals surface area contributed by atoms with Crippen LogP contribution in [0.5, 0.6) is 0 Å². The third kappa shape index (κ3) is 8.10. The van der Waals surface area contributed by atoms with Crippen molar-refractivity contribution >= 4 is 38.4 Å². The van der Waals surface area contributed by atoms with E-state index in [9.17, 15) is 14.4 Å². The highest BCUT2D eigenvalue weighted by Crippen LogP contribution is 2.65. The monoisotopic (exact) mass is 494 g/mol. The van der Waals surface area contributed by atoms with E-state index in [0.717, 1.165) is 22.6 Å². The number of benzene rings is 2. The maximum Gasteiger partial charge on any atom is 0.335 e. The molecule has 2 amide bonds. The fourth-order valence-corrected chi connectivity index (χ4v) is 8.80. The highest BCUT2D eigenvalue weighted by Gasteiger charge is 2.26. The standard InChI is InChI=1S/C24H34N2O5S2/c1-18(27)25-16-6-7-17-26-23(28)19-8-12-21(13-9-19)32(2,3)31-33(4,5)22-14-10-20(11-15-22)24(29)30/h8-15H,6-7,16-17H2,1-5H3,(H,25,27)(H,26,28)(H,29,30). The minimum Gasteiger partial charge on any atom is -0.478 e. The molecule has 0 spiro atoms. The van der Waals surface area contributed by atoms with Crippen LogP contribution in [0, 0.1) is 0 Å². The molecule has 7 nitrogen and oxygen atoms in total. The first-order chi connectivity index (χ1) is 15.4. The first-order valence-corrected chi connectivity index (χ1v) is 15.3. The van der Waals surface area contributed by atoms with Crippen molar-refractivity contribution in [2.45, 2.75) is 29.6 Å². The molecule has 3 N–H and O–H groups in total. The number of carbonyl (C=O) groups is 3. The summed E-state index contributed by atoms with van der Waals surface area (Å²) in [4.78, 5) is 36.3. The Balaban J connectivity index is 1.96. The number of unbranched alkanes of at least 4 members (excludes halogenated alkanes) is 1. The lowest BCUT2D eigenvalue weighted by Crippen LogP contribution is -2.26. The quantitative estimate of drug-likeness (QED) is 0.401. The zero-order valence-corrected chi connectivity index (χ0v) is 21.5. The second-order valence-electron chi connectivity index (χ2n) is 8.33. The number of nitrogens with one attached hydrogen (secondary N) is 2. The van der Waals surface area contributed by atoms with Crippen LogP contribution in [0.1, 0.15) is 40.5 Å². The summed E-state index contributed by atoms with van der Waals surface area (Å²) in [5.74, 6) is -1.12. The summed E-state index contributed by atoms with van der Waals surface area (Å²) < 4.78 is 6.61. The van der Waals surface area contributed by atoms with Crippen LogP contribution in [0.25, 0.3) is 0 Å². The summed E-state index contributed by atoms with van der Waals surface area (Å²) in [7, 11) is -3.24. The average Bonchev–Trinajstić information content (AvgIpc) is 2.75. The molecule has 0 atom stereocenters. The Kier molecular flexibility index (Phi) is 9.39. The van der Waals surface area contributed by atoms with E-state index in [4.69, 9.17) is 8.74 Å². The van der Waals surface area contributed by atoms with Crippen molar-refractivity contribution in [2.24, 2.45) is 0 Å². The summed E-state index contributed by atoms with van der Waals surface area (Å²) in [5.41, 5.74) is 0.842. The maximum absolute atomic E-state index is 12.4. The van der Waals surface area contributed by atoms with Gasteiger partial charge in [0.15, 0.2) is 0 Å². The molecule has 33 heavy (non-hydrogen) atoms. The summed E-state index contributed by atoms with van der Waals surface area (Å²) >= 11 is 0. The second kappa shape index (κ2) is 11.6. The Hall–Kier alpha value is -2.49. The number of aromatic carboxylic acids is 1. The number of hydrogen-bond donors (Lipinski definition) is 3. The molecule has 2 rings (SSSR count). The fourth-order valence-electron chi connectivity index (χ4n) is 3.18. The number of carboxylic acid groups (broad SMARTS) is 1. The van der Waals surface area contributed by atoms with E-state index < -0.39 is 26.6 Å². The van der Waals surface area contributed by atoms with E-state index >= 15 is 0 Å². The summed E-state index contributed by atoms with van der Waals surface area (Å²) in [5, 5.41) is 14.8. The van der Waals surface area contributed by atoms with Gasteiger partial charge in [0.2, 0.25) is 5.91 Å². The summed E-state index contributed by atoms with van der Waals surface area (Å²) in [6.45, 7) is 2.65. The lowest BCUT2D eigenvalue weighted by atomic mass is 10.2. The molecule has 0 aromatic heterocycles. The third-order valence-corrected chi connectivity index (χ3v) is 10.5. The minimum absolute atomic E-state index is 0.0470. The van der Waals surface area contributed by atoms with Gasteiger partial charge in [-0.2, -0.15) is 0 Å². The number of carbonyl (C=O) groups excluding carboxylic acids is 2. The molecule has 9 heteroatoms. The van der Waals surface area contributed by atoms with Gasteiger partial charge < -0.3 is 15.7 Å². The SMILES string of the molecule is CC(=O)NCCCCNC(=O)c1ccc(S(C)(C)OS(C)(C)c2ccc(C(=O)O)cc2)cc1. The van der Waals surface area contributed by atoms with Gasteiger partial charge in [0.05, 0.1) is 5.56 Å². The Bertz CT molecular complexity index is 973. The molecular weight excluding hydrogens is 460 g/mol. The van der Waals surface area contributed by atoms with Crippen LogP contribution >= 0.6 is 20.6 Å². The van der Waals surface area contributed by atoms with E-state index in [2.05, 4.69) is 23.1 Å². The van der Waals surface area contributed by atoms with Crippen molar-refractivity contribution in [3.8, 4) is 0 Å². The van der Waals surface area contributed by atoms with Crippen LogP contribution in [-0.4, -0.2) is 61.0 Å². The van der Waals surface area contributed by atoms with Crippen LogP contribution in [0.15, 0.2) is 58.3 Å². The predicted octanol–water partition coefficient (Wildman–Crippen LogP) is 4.42. The minimum atomic E-state index is -1.62. The zero-order valence-electron chi connectivity index (χ0n) is 19.8. The van der Waals surface area contributed by atoms with Crippen molar-refractivity contribution in [1.82, 2.24) is 10.6 Å². The number of carboxylic acids is 1. The van der Waals surface area contributed by atoms with Crippen molar-refractivity contribution in [1.29, 1.82) is 0 Å². The molecule has 2 aromatic rings. The van der Waals surface area contributed by atoms with Gasteiger partial charge in [0.1, 0.15) is 0 Å². The van der Waals surface area contributed by atoms with E-state index in [1.54, 1.807) is 12.1 Å². The molecule has 0 aliphatic carbocycles. The van der Waals surface area contributed by atoms with Gasteiger partial charge in [-0.05, 0) is 86.4 Å². The summed E-state index contributed by atoms with van der Waals surface area (Å²) in [6, 6.07) is 14.3. The summed E-state index contributed by atoms with van der Waals surface area (Å²) in [6.07, 6.45) is 9.83. The van der Waals surface area contributed by atoms with Crippen molar-refractivity contribution < 1.29 is 23.1 Å². The lowest BCUT2D eigenvalue weighted by molar-refractivity contribution is -0.118. The number of hydrogen-bond acceptors (Lipinski definition) is 4. The zero-order chi connectivity index (χ0) is 24.6. The molecule has 0 saturated carbocycles. The second-order valence-corrected chi connectivity index (χ2v) is 14.8. The predicted molar refractivity (Wildman–Crippen MR) is 137 cm³/mol. The Morgan fingerprint density at radius 2 is 1.18 bits per heavy atom. The normalized spacial score (nSPS) is 12.6. The molecular formula is C24H34N2O5S2. The fraction of sp³-hybridized carbons (Fsp3) is 0.375. The molecule has 0 bridgehead atoms. The van der Waals surface area contributed by atoms with E-state index in [0.29, 0.717) is 18.7 Å². The van der Waals surface area contributed by atoms with Crippen LogP contribution in [0.4, 0.5) is 0 Å². The van der Waals surface area contributed by atoms with Gasteiger partial charge in [0, 0.05) is 35.4 Å². The number of amides is 2. The molecule has 0 unspecified atom stereocenters. The first kappa shape index (κ1) is 26.8. The Morgan fingerprint density at radius 1 is 0.758 bits per heavy atom. The van der Waals surface area contributed by atoms with Gasteiger partial charge in [-0.3, -0.25) is 13.2 Å². The van der Waals surface area contributed by atoms with Gasteiger partial charge in [0.25, 0.3) is 5.91 Å². The molecule has 0 radical (unpaired) electrons. The lowest BCUT2D eigenvalue weighted by Gasteiger charge is -2.43. The molecule has 0 saturated heterocycles. The van der Waals surface area contributed by atoms with Crippen LogP contribution < -0.4 is 10.6 Å². The molecule has 0 fully saturated rings. The van der Waals surface area contributed by atoms with Crippen molar-refractivity contribution in [2.75, 3.05) is 38.1 Å². The largest absolute Gasteiger partial charge is 0.478 e. The highest BCUT2D eigenvalue weighted by molar-refractivity contribution is 8.40. The first-order valence-electron chi connectivity index (χ1n) is 10.6.